The fraction of sp³-hybridized carbons (Fsp3) is 0.375. The van der Waals surface area contributed by atoms with Crippen LogP contribution in [0.25, 0.3) is 11.3 Å². The summed E-state index contributed by atoms with van der Waals surface area (Å²) in [5.41, 5.74) is 4.44. The molecule has 0 spiro atoms. The molecule has 104 valence electrons. The van der Waals surface area contributed by atoms with Gasteiger partial charge in [-0.3, -0.25) is 0 Å². The van der Waals surface area contributed by atoms with Gasteiger partial charge in [-0.25, -0.2) is 4.98 Å². The molecule has 0 unspecified atom stereocenters. The second-order valence-corrected chi connectivity index (χ2v) is 5.47. The molecule has 0 bridgehead atoms. The minimum atomic E-state index is 0.670. The summed E-state index contributed by atoms with van der Waals surface area (Å²) in [4.78, 5) is 7.82. The molecule has 1 aliphatic rings. The zero-order chi connectivity index (χ0) is 14.1. The quantitative estimate of drug-likeness (QED) is 0.848. The van der Waals surface area contributed by atoms with Crippen molar-refractivity contribution in [3.63, 3.8) is 0 Å². The summed E-state index contributed by atoms with van der Waals surface area (Å²) in [5.74, 6) is 1.92. The number of hydrogen-bond acceptors (Lipinski definition) is 3. The van der Waals surface area contributed by atoms with Gasteiger partial charge in [0.25, 0.3) is 0 Å². The number of aromatic amines is 1. The number of nitrogens with zero attached hydrogens (tertiary/aromatic N) is 1. The van der Waals surface area contributed by atoms with Gasteiger partial charge in [0.15, 0.2) is 0 Å². The van der Waals surface area contributed by atoms with E-state index in [0.29, 0.717) is 4.64 Å². The summed E-state index contributed by atoms with van der Waals surface area (Å²) >= 11 is 5.38. The maximum absolute atomic E-state index is 5.90. The first-order valence-corrected chi connectivity index (χ1v) is 7.46. The number of para-hydroxylation sites is 1. The van der Waals surface area contributed by atoms with Crippen molar-refractivity contribution in [2.24, 2.45) is 0 Å². The van der Waals surface area contributed by atoms with Gasteiger partial charge in [-0.05, 0) is 31.4 Å². The van der Waals surface area contributed by atoms with Crippen LogP contribution >= 0.6 is 12.2 Å². The number of nitrogens with one attached hydrogen (secondary N) is 1. The van der Waals surface area contributed by atoms with Gasteiger partial charge in [-0.2, -0.15) is 0 Å². The molecule has 0 fully saturated rings. The van der Waals surface area contributed by atoms with Crippen molar-refractivity contribution in [2.75, 3.05) is 6.61 Å². The van der Waals surface area contributed by atoms with Crippen LogP contribution in [0, 0.1) is 11.6 Å². The summed E-state index contributed by atoms with van der Waals surface area (Å²) < 4.78 is 6.57. The topological polar surface area (TPSA) is 37.9 Å². The third kappa shape index (κ3) is 2.24. The van der Waals surface area contributed by atoms with Crippen LogP contribution in [0.1, 0.15) is 30.3 Å². The first-order valence-electron chi connectivity index (χ1n) is 7.05. The van der Waals surface area contributed by atoms with Gasteiger partial charge in [-0.15, -0.1) is 0 Å². The third-order valence-corrected chi connectivity index (χ3v) is 4.14. The molecular weight excluding hydrogens is 268 g/mol. The third-order valence-electron chi connectivity index (χ3n) is 3.74. The minimum Gasteiger partial charge on any atom is -0.493 e. The molecule has 0 radical (unpaired) electrons. The molecule has 0 amide bonds. The van der Waals surface area contributed by atoms with E-state index in [1.165, 1.54) is 5.56 Å². The first-order chi connectivity index (χ1) is 9.70. The van der Waals surface area contributed by atoms with Crippen molar-refractivity contribution >= 4 is 12.2 Å². The number of rotatable bonds is 2. The molecule has 0 saturated heterocycles. The predicted molar refractivity (Wildman–Crippen MR) is 82.8 cm³/mol. The highest BCUT2D eigenvalue weighted by Gasteiger charge is 2.17. The Morgan fingerprint density at radius 2 is 2.25 bits per heavy atom. The van der Waals surface area contributed by atoms with Crippen LogP contribution in [0.4, 0.5) is 0 Å². The SMILES string of the molecule is CCc1nc(=S)c(C)c(-c2cccc3c2OCCC3)[nH]1. The maximum atomic E-state index is 5.90. The molecule has 20 heavy (non-hydrogen) atoms. The van der Waals surface area contributed by atoms with Gasteiger partial charge in [-0.1, -0.05) is 31.3 Å². The Hall–Kier alpha value is -1.68. The smallest absolute Gasteiger partial charge is 0.133 e. The summed E-state index contributed by atoms with van der Waals surface area (Å²) in [7, 11) is 0. The van der Waals surface area contributed by atoms with Crippen LogP contribution in [0.15, 0.2) is 18.2 Å². The van der Waals surface area contributed by atoms with E-state index in [0.717, 1.165) is 54.3 Å². The summed E-state index contributed by atoms with van der Waals surface area (Å²) in [5, 5.41) is 0. The van der Waals surface area contributed by atoms with E-state index in [-0.39, 0.29) is 0 Å². The molecule has 4 heteroatoms. The average Bonchev–Trinajstić information content (AvgIpc) is 2.49. The minimum absolute atomic E-state index is 0.670. The van der Waals surface area contributed by atoms with Gasteiger partial charge >= 0.3 is 0 Å². The molecule has 0 saturated carbocycles. The summed E-state index contributed by atoms with van der Waals surface area (Å²) in [6.45, 7) is 4.88. The van der Waals surface area contributed by atoms with Crippen molar-refractivity contribution in [3.8, 4) is 17.0 Å². The lowest BCUT2D eigenvalue weighted by atomic mass is 9.99. The Labute approximate surface area is 124 Å². The van der Waals surface area contributed by atoms with E-state index >= 15 is 0 Å². The molecule has 2 heterocycles. The normalized spacial score (nSPS) is 13.7. The van der Waals surface area contributed by atoms with Crippen LogP contribution < -0.4 is 4.74 Å². The molecule has 1 aliphatic heterocycles. The highest BCUT2D eigenvalue weighted by atomic mass is 32.1. The van der Waals surface area contributed by atoms with Crippen LogP contribution in [0.3, 0.4) is 0 Å². The lowest BCUT2D eigenvalue weighted by Gasteiger charge is -2.21. The number of hydrogen-bond donors (Lipinski definition) is 1. The first kappa shape index (κ1) is 13.3. The van der Waals surface area contributed by atoms with Crippen molar-refractivity contribution in [1.82, 2.24) is 9.97 Å². The Kier molecular flexibility index (Phi) is 3.57. The van der Waals surface area contributed by atoms with Crippen LogP contribution in [-0.2, 0) is 12.8 Å². The summed E-state index contributed by atoms with van der Waals surface area (Å²) in [6.07, 6.45) is 3.00. The van der Waals surface area contributed by atoms with E-state index in [9.17, 15) is 0 Å². The Bertz CT molecular complexity index is 706. The lowest BCUT2D eigenvalue weighted by Crippen LogP contribution is -2.10. The number of aryl methyl sites for hydroxylation is 2. The highest BCUT2D eigenvalue weighted by molar-refractivity contribution is 7.71. The van der Waals surface area contributed by atoms with Crippen molar-refractivity contribution in [2.45, 2.75) is 33.1 Å². The molecule has 3 rings (SSSR count). The Morgan fingerprint density at radius 1 is 1.40 bits per heavy atom. The van der Waals surface area contributed by atoms with Crippen molar-refractivity contribution < 1.29 is 4.74 Å². The van der Waals surface area contributed by atoms with E-state index in [1.54, 1.807) is 0 Å². The molecule has 1 N–H and O–H groups in total. The van der Waals surface area contributed by atoms with Crippen LogP contribution in [0.2, 0.25) is 0 Å². The van der Waals surface area contributed by atoms with E-state index < -0.39 is 0 Å². The average molecular weight is 286 g/mol. The van der Waals surface area contributed by atoms with E-state index in [2.05, 4.69) is 35.1 Å². The number of H-pyrrole nitrogens is 1. The van der Waals surface area contributed by atoms with Gasteiger partial charge in [0, 0.05) is 17.5 Å². The number of benzene rings is 1. The molecule has 2 aromatic rings. The van der Waals surface area contributed by atoms with Crippen LogP contribution in [-0.4, -0.2) is 16.6 Å². The monoisotopic (exact) mass is 286 g/mol. The molecule has 0 atom stereocenters. The van der Waals surface area contributed by atoms with Crippen molar-refractivity contribution in [1.29, 1.82) is 0 Å². The zero-order valence-electron chi connectivity index (χ0n) is 11.8. The fourth-order valence-corrected chi connectivity index (χ4v) is 2.81. The molecule has 3 nitrogen and oxygen atoms in total. The predicted octanol–water partition coefficient (Wildman–Crippen LogP) is 4.00. The van der Waals surface area contributed by atoms with E-state index in [1.807, 2.05) is 6.92 Å². The molecule has 0 aliphatic carbocycles. The fourth-order valence-electron chi connectivity index (χ4n) is 2.60. The Balaban J connectivity index is 2.23. The summed E-state index contributed by atoms with van der Waals surface area (Å²) in [6, 6.07) is 6.33. The second kappa shape index (κ2) is 5.37. The molecule has 1 aromatic heterocycles. The standard InChI is InChI=1S/C16H18N2OS/c1-3-13-17-14(10(2)16(20)18-13)12-8-4-6-11-7-5-9-19-15(11)12/h4,6,8H,3,5,7,9H2,1-2H3,(H,17,18,20). The van der Waals surface area contributed by atoms with Gasteiger partial charge < -0.3 is 9.72 Å². The van der Waals surface area contributed by atoms with Crippen molar-refractivity contribution in [3.05, 3.63) is 39.8 Å². The zero-order valence-corrected chi connectivity index (χ0v) is 12.6. The second-order valence-electron chi connectivity index (χ2n) is 5.09. The lowest BCUT2D eigenvalue weighted by molar-refractivity contribution is 0.289. The highest BCUT2D eigenvalue weighted by Crippen LogP contribution is 2.36. The van der Waals surface area contributed by atoms with Gasteiger partial charge in [0.1, 0.15) is 16.2 Å². The van der Waals surface area contributed by atoms with Crippen LogP contribution in [0.5, 0.6) is 5.75 Å². The van der Waals surface area contributed by atoms with E-state index in [4.69, 9.17) is 17.0 Å². The number of fused-ring (bicyclic) bond motifs is 1. The number of aromatic nitrogens is 2. The van der Waals surface area contributed by atoms with Gasteiger partial charge in [0.05, 0.1) is 12.3 Å². The Morgan fingerprint density at radius 3 is 3.05 bits per heavy atom. The van der Waals surface area contributed by atoms with Gasteiger partial charge in [0.2, 0.25) is 0 Å². The number of ether oxygens (including phenoxy) is 1. The molecule has 1 aromatic carbocycles. The maximum Gasteiger partial charge on any atom is 0.133 e. The molecular formula is C16H18N2OS. The largest absolute Gasteiger partial charge is 0.493 e.